The third-order valence-electron chi connectivity index (χ3n) is 4.99. The summed E-state index contributed by atoms with van der Waals surface area (Å²) in [7, 11) is 0. The highest BCUT2D eigenvalue weighted by molar-refractivity contribution is 6.30. The number of carbonyl (C=O) groups is 2. The molecule has 0 bridgehead atoms. The van der Waals surface area contributed by atoms with Crippen molar-refractivity contribution in [3.63, 3.8) is 0 Å². The number of hydrogen-bond donors (Lipinski definition) is 0. The third-order valence-corrected chi connectivity index (χ3v) is 5.24. The SMILES string of the molecule is C=CCN(CC(=O)N(Cc1ccc(F)cc1)Cc1ccc(C)o1)C(=O)COc1ccc(Cl)cc1. The van der Waals surface area contributed by atoms with Crippen LogP contribution in [0, 0.1) is 12.7 Å². The average Bonchev–Trinajstić information content (AvgIpc) is 3.23. The minimum atomic E-state index is -0.362. The highest BCUT2D eigenvalue weighted by Gasteiger charge is 2.22. The molecule has 34 heavy (non-hydrogen) atoms. The quantitative estimate of drug-likeness (QED) is 0.359. The normalized spacial score (nSPS) is 10.6. The maximum Gasteiger partial charge on any atom is 0.261 e. The Balaban J connectivity index is 1.69. The second-order valence-corrected chi connectivity index (χ2v) is 8.13. The van der Waals surface area contributed by atoms with E-state index in [-0.39, 0.29) is 50.4 Å². The van der Waals surface area contributed by atoms with Crippen molar-refractivity contribution in [2.75, 3.05) is 19.7 Å². The Kier molecular flexibility index (Phi) is 8.87. The van der Waals surface area contributed by atoms with Gasteiger partial charge >= 0.3 is 0 Å². The van der Waals surface area contributed by atoms with Gasteiger partial charge in [0.1, 0.15) is 29.6 Å². The van der Waals surface area contributed by atoms with Crippen LogP contribution in [0.5, 0.6) is 5.75 Å². The maximum absolute atomic E-state index is 13.3. The number of furan rings is 1. The summed E-state index contributed by atoms with van der Waals surface area (Å²) < 4.78 is 24.5. The molecule has 178 valence electrons. The first-order chi connectivity index (χ1) is 16.3. The zero-order valence-corrected chi connectivity index (χ0v) is 19.6. The van der Waals surface area contributed by atoms with E-state index >= 15 is 0 Å². The van der Waals surface area contributed by atoms with Crippen molar-refractivity contribution in [2.45, 2.75) is 20.0 Å². The van der Waals surface area contributed by atoms with Crippen LogP contribution in [0.15, 0.2) is 77.7 Å². The summed E-state index contributed by atoms with van der Waals surface area (Å²) in [5.41, 5.74) is 0.755. The highest BCUT2D eigenvalue weighted by Crippen LogP contribution is 2.16. The number of ether oxygens (including phenoxy) is 1. The van der Waals surface area contributed by atoms with Crippen molar-refractivity contribution in [1.82, 2.24) is 9.80 Å². The molecule has 0 atom stereocenters. The summed E-state index contributed by atoms with van der Waals surface area (Å²) in [4.78, 5) is 29.0. The predicted octanol–water partition coefficient (Wildman–Crippen LogP) is 5.00. The summed E-state index contributed by atoms with van der Waals surface area (Å²) in [5.74, 6) is 0.826. The molecule has 1 aromatic heterocycles. The molecule has 0 aliphatic rings. The van der Waals surface area contributed by atoms with Gasteiger partial charge in [-0.25, -0.2) is 4.39 Å². The largest absolute Gasteiger partial charge is 0.484 e. The molecule has 3 rings (SSSR count). The molecular weight excluding hydrogens is 459 g/mol. The van der Waals surface area contributed by atoms with Gasteiger partial charge in [-0.3, -0.25) is 9.59 Å². The minimum Gasteiger partial charge on any atom is -0.484 e. The van der Waals surface area contributed by atoms with Gasteiger partial charge in [0.2, 0.25) is 5.91 Å². The van der Waals surface area contributed by atoms with E-state index in [2.05, 4.69) is 6.58 Å². The molecule has 0 aliphatic carbocycles. The van der Waals surface area contributed by atoms with Gasteiger partial charge in [0, 0.05) is 18.1 Å². The molecule has 2 amide bonds. The van der Waals surface area contributed by atoms with E-state index in [1.165, 1.54) is 17.0 Å². The summed E-state index contributed by atoms with van der Waals surface area (Å²) in [5, 5.41) is 0.561. The Labute approximate surface area is 203 Å². The Bertz CT molecular complexity index is 1110. The molecule has 3 aromatic rings. The van der Waals surface area contributed by atoms with Crippen LogP contribution >= 0.6 is 11.6 Å². The van der Waals surface area contributed by atoms with Gasteiger partial charge in [0.25, 0.3) is 5.91 Å². The number of amides is 2. The first-order valence-electron chi connectivity index (χ1n) is 10.7. The van der Waals surface area contributed by atoms with E-state index in [9.17, 15) is 14.0 Å². The van der Waals surface area contributed by atoms with Gasteiger partial charge in [0.15, 0.2) is 6.61 Å². The molecule has 0 saturated carbocycles. The molecule has 2 aromatic carbocycles. The van der Waals surface area contributed by atoms with Crippen LogP contribution < -0.4 is 4.74 Å². The van der Waals surface area contributed by atoms with E-state index in [0.29, 0.717) is 16.5 Å². The second-order valence-electron chi connectivity index (χ2n) is 7.69. The van der Waals surface area contributed by atoms with E-state index in [0.717, 1.165) is 11.3 Å². The fourth-order valence-corrected chi connectivity index (χ4v) is 3.37. The van der Waals surface area contributed by atoms with E-state index < -0.39 is 0 Å². The molecule has 0 radical (unpaired) electrons. The molecule has 8 heteroatoms. The lowest BCUT2D eigenvalue weighted by Gasteiger charge is -2.27. The maximum atomic E-state index is 13.3. The lowest BCUT2D eigenvalue weighted by molar-refractivity contribution is -0.142. The molecule has 0 aliphatic heterocycles. The van der Waals surface area contributed by atoms with Crippen molar-refractivity contribution in [3.05, 3.63) is 101 Å². The summed E-state index contributed by atoms with van der Waals surface area (Å²) in [6.45, 7) is 5.72. The Morgan fingerprint density at radius 1 is 1.00 bits per heavy atom. The van der Waals surface area contributed by atoms with Gasteiger partial charge in [-0.05, 0) is 61.0 Å². The Hall–Kier alpha value is -3.58. The van der Waals surface area contributed by atoms with Crippen molar-refractivity contribution in [3.8, 4) is 5.75 Å². The van der Waals surface area contributed by atoms with Crippen molar-refractivity contribution >= 4 is 23.4 Å². The summed E-state index contributed by atoms with van der Waals surface area (Å²) in [6, 6.07) is 16.2. The smallest absolute Gasteiger partial charge is 0.261 e. The monoisotopic (exact) mass is 484 g/mol. The fraction of sp³-hybridized carbons (Fsp3) is 0.231. The first kappa shape index (κ1) is 25.1. The van der Waals surface area contributed by atoms with Crippen molar-refractivity contribution < 1.29 is 23.1 Å². The van der Waals surface area contributed by atoms with Crippen LogP contribution in [0.2, 0.25) is 5.02 Å². The second kappa shape index (κ2) is 12.0. The number of hydrogen-bond acceptors (Lipinski definition) is 4. The average molecular weight is 485 g/mol. The lowest BCUT2D eigenvalue weighted by Crippen LogP contribution is -2.44. The van der Waals surface area contributed by atoms with Crippen molar-refractivity contribution in [1.29, 1.82) is 0 Å². The van der Waals surface area contributed by atoms with Gasteiger partial charge < -0.3 is 19.0 Å². The van der Waals surface area contributed by atoms with E-state index in [1.807, 2.05) is 13.0 Å². The topological polar surface area (TPSA) is 63.0 Å². The van der Waals surface area contributed by atoms with Crippen LogP contribution in [0.1, 0.15) is 17.1 Å². The van der Waals surface area contributed by atoms with E-state index in [4.69, 9.17) is 20.8 Å². The summed E-state index contributed by atoms with van der Waals surface area (Å²) >= 11 is 5.87. The van der Waals surface area contributed by atoms with Crippen LogP contribution in [0.3, 0.4) is 0 Å². The molecule has 0 spiro atoms. The van der Waals surface area contributed by atoms with Gasteiger partial charge in [-0.1, -0.05) is 29.8 Å². The number of rotatable bonds is 11. The lowest BCUT2D eigenvalue weighted by atomic mass is 10.2. The third kappa shape index (κ3) is 7.49. The Morgan fingerprint density at radius 3 is 2.32 bits per heavy atom. The first-order valence-corrected chi connectivity index (χ1v) is 11.1. The van der Waals surface area contributed by atoms with Crippen LogP contribution in [-0.4, -0.2) is 41.3 Å². The molecule has 0 N–H and O–H groups in total. The van der Waals surface area contributed by atoms with Crippen LogP contribution in [-0.2, 0) is 22.7 Å². The van der Waals surface area contributed by atoms with Gasteiger partial charge in [-0.2, -0.15) is 0 Å². The number of nitrogens with zero attached hydrogens (tertiary/aromatic N) is 2. The van der Waals surface area contributed by atoms with E-state index in [1.54, 1.807) is 53.4 Å². The standard InChI is InChI=1S/C26H26ClFN2O4/c1-3-14-29(26(32)18-33-23-12-7-21(27)8-13-23)17-25(31)30(16-24-11-4-19(2)34-24)15-20-5-9-22(28)10-6-20/h3-13H,1,14-18H2,2H3. The minimum absolute atomic E-state index is 0.171. The van der Waals surface area contributed by atoms with Gasteiger partial charge in [-0.15, -0.1) is 6.58 Å². The number of aryl methyl sites for hydroxylation is 1. The molecule has 0 unspecified atom stereocenters. The molecule has 6 nitrogen and oxygen atoms in total. The molecule has 0 fully saturated rings. The number of halogens is 2. The molecular formula is C26H26ClFN2O4. The van der Waals surface area contributed by atoms with Crippen molar-refractivity contribution in [2.24, 2.45) is 0 Å². The molecule has 0 saturated heterocycles. The fourth-order valence-electron chi connectivity index (χ4n) is 3.24. The van der Waals surface area contributed by atoms with Gasteiger partial charge in [0.05, 0.1) is 6.54 Å². The summed E-state index contributed by atoms with van der Waals surface area (Å²) in [6.07, 6.45) is 1.55. The number of carbonyl (C=O) groups excluding carboxylic acids is 2. The highest BCUT2D eigenvalue weighted by atomic mass is 35.5. The van der Waals surface area contributed by atoms with Crippen LogP contribution in [0.4, 0.5) is 4.39 Å². The van der Waals surface area contributed by atoms with Crippen LogP contribution in [0.25, 0.3) is 0 Å². The number of benzene rings is 2. The predicted molar refractivity (Wildman–Crippen MR) is 128 cm³/mol. The molecule has 1 heterocycles. The Morgan fingerprint density at radius 2 is 1.71 bits per heavy atom. The zero-order valence-electron chi connectivity index (χ0n) is 18.9. The zero-order chi connectivity index (χ0) is 24.5.